The van der Waals surface area contributed by atoms with Gasteiger partial charge in [-0.05, 0) is 80.5 Å². The van der Waals surface area contributed by atoms with Crippen LogP contribution in [0.1, 0.15) is 46.7 Å². The molecule has 2 heterocycles. The fraction of sp³-hybridized carbons (Fsp3) is 0.346. The summed E-state index contributed by atoms with van der Waals surface area (Å²) in [5, 5.41) is 2.50. The molecule has 0 radical (unpaired) electrons. The van der Waals surface area contributed by atoms with Gasteiger partial charge in [-0.15, -0.1) is 11.3 Å². The summed E-state index contributed by atoms with van der Waals surface area (Å²) in [5.74, 6) is 0.485. The summed E-state index contributed by atoms with van der Waals surface area (Å²) >= 11 is 1.20. The number of sulfonamides is 1. The monoisotopic (exact) mass is 542 g/mol. The quantitative estimate of drug-likeness (QED) is 0.294. The lowest BCUT2D eigenvalue weighted by Crippen LogP contribution is -2.14. The Morgan fingerprint density at radius 2 is 1.78 bits per heavy atom. The van der Waals surface area contributed by atoms with E-state index in [1.165, 1.54) is 11.3 Å². The molecular weight excluding hydrogens is 512 g/mol. The number of H-pyrrole nitrogens is 1. The van der Waals surface area contributed by atoms with Gasteiger partial charge in [-0.1, -0.05) is 26.0 Å². The minimum atomic E-state index is -3.90. The zero-order chi connectivity index (χ0) is 26.9. The number of thiazole rings is 1. The van der Waals surface area contributed by atoms with Gasteiger partial charge in [0.15, 0.2) is 5.82 Å². The maximum absolute atomic E-state index is 13.2. The van der Waals surface area contributed by atoms with Crippen molar-refractivity contribution in [3.63, 3.8) is 0 Å². The van der Waals surface area contributed by atoms with E-state index < -0.39 is 15.8 Å². The van der Waals surface area contributed by atoms with Gasteiger partial charge in [0, 0.05) is 10.4 Å². The van der Waals surface area contributed by atoms with E-state index in [9.17, 15) is 13.2 Å². The van der Waals surface area contributed by atoms with Crippen LogP contribution in [0.15, 0.2) is 44.0 Å². The molecule has 0 saturated carbocycles. The number of ether oxygens (including phenoxy) is 1. The van der Waals surface area contributed by atoms with Crippen molar-refractivity contribution in [3.05, 3.63) is 73.7 Å². The number of nitrogens with zero attached hydrogens (tertiary/aromatic N) is 2. The van der Waals surface area contributed by atoms with Gasteiger partial charge in [-0.2, -0.15) is 18.6 Å². The number of benzene rings is 2. The molecule has 37 heavy (non-hydrogen) atoms. The van der Waals surface area contributed by atoms with Crippen LogP contribution < -0.4 is 15.2 Å². The molecule has 0 bridgehead atoms. The fourth-order valence-corrected chi connectivity index (χ4v) is 6.43. The molecule has 0 aliphatic carbocycles. The van der Waals surface area contributed by atoms with Crippen molar-refractivity contribution in [2.75, 3.05) is 4.72 Å². The van der Waals surface area contributed by atoms with Crippen molar-refractivity contribution >= 4 is 27.0 Å². The second-order valence-corrected chi connectivity index (χ2v) is 12.4. The first-order chi connectivity index (χ1) is 17.4. The van der Waals surface area contributed by atoms with Crippen LogP contribution in [0, 0.1) is 33.6 Å². The van der Waals surface area contributed by atoms with Crippen LogP contribution in [-0.2, 0) is 23.1 Å². The first-order valence-electron chi connectivity index (χ1n) is 11.8. The van der Waals surface area contributed by atoms with Crippen LogP contribution in [0.3, 0.4) is 0 Å². The van der Waals surface area contributed by atoms with Gasteiger partial charge in [0.1, 0.15) is 12.4 Å². The molecule has 0 atom stereocenters. The molecule has 0 unspecified atom stereocenters. The highest BCUT2D eigenvalue weighted by atomic mass is 32.2. The van der Waals surface area contributed by atoms with Crippen molar-refractivity contribution in [3.8, 4) is 17.1 Å². The first-order valence-corrected chi connectivity index (χ1v) is 14.1. The van der Waals surface area contributed by atoms with Crippen molar-refractivity contribution < 1.29 is 17.7 Å². The highest BCUT2D eigenvalue weighted by Crippen LogP contribution is 2.33. The van der Waals surface area contributed by atoms with Crippen LogP contribution >= 0.6 is 11.3 Å². The minimum Gasteiger partial charge on any atom is -0.487 e. The Balaban J connectivity index is 1.57. The smallest absolute Gasteiger partial charge is 0.460 e. The third-order valence-corrected chi connectivity index (χ3v) is 8.90. The van der Waals surface area contributed by atoms with E-state index >= 15 is 0 Å². The topological polar surface area (TPSA) is 127 Å². The van der Waals surface area contributed by atoms with E-state index in [1.807, 2.05) is 52.0 Å². The number of anilines is 1. The molecule has 0 aliphatic heterocycles. The Morgan fingerprint density at radius 1 is 1.05 bits per heavy atom. The number of nitrogens with one attached hydrogen (secondary N) is 2. The molecule has 0 aliphatic rings. The lowest BCUT2D eigenvalue weighted by Gasteiger charge is -2.16. The van der Waals surface area contributed by atoms with Gasteiger partial charge in [0.2, 0.25) is 4.34 Å². The number of hydrogen-bond acceptors (Lipinski definition) is 8. The molecule has 0 amide bonds. The maximum Gasteiger partial charge on any atom is 0.460 e. The lowest BCUT2D eigenvalue weighted by molar-refractivity contribution is 0.307. The second kappa shape index (κ2) is 10.5. The predicted octanol–water partition coefficient (Wildman–Crippen LogP) is 5.30. The molecule has 2 aromatic heterocycles. The van der Waals surface area contributed by atoms with Gasteiger partial charge < -0.3 is 9.26 Å². The van der Waals surface area contributed by atoms with E-state index in [2.05, 4.69) is 38.2 Å². The molecule has 2 aromatic carbocycles. The molecule has 11 heteroatoms. The molecule has 4 aromatic rings. The van der Waals surface area contributed by atoms with Crippen LogP contribution in [0.5, 0.6) is 5.75 Å². The Morgan fingerprint density at radius 3 is 2.43 bits per heavy atom. The molecule has 0 spiro atoms. The lowest BCUT2D eigenvalue weighted by atomic mass is 10.1. The molecule has 4 rings (SSSR count). The van der Waals surface area contributed by atoms with Crippen LogP contribution in [0.25, 0.3) is 11.4 Å². The number of aromatic nitrogens is 3. The van der Waals surface area contributed by atoms with Gasteiger partial charge in [0.25, 0.3) is 10.0 Å². The van der Waals surface area contributed by atoms with Gasteiger partial charge in [-0.25, -0.2) is 9.78 Å². The summed E-state index contributed by atoms with van der Waals surface area (Å²) in [7, 11) is -3.90. The highest BCUT2D eigenvalue weighted by molar-refractivity contribution is 7.94. The molecule has 0 saturated heterocycles. The van der Waals surface area contributed by atoms with Gasteiger partial charge >= 0.3 is 5.76 Å². The van der Waals surface area contributed by atoms with E-state index in [4.69, 9.17) is 4.74 Å². The molecule has 2 N–H and O–H groups in total. The number of hydrogen-bond donors (Lipinski definition) is 2. The largest absolute Gasteiger partial charge is 0.487 e. The summed E-state index contributed by atoms with van der Waals surface area (Å²) < 4.78 is 40.0. The summed E-state index contributed by atoms with van der Waals surface area (Å²) in [4.78, 5) is 20.3. The van der Waals surface area contributed by atoms with Crippen molar-refractivity contribution in [1.29, 1.82) is 0 Å². The zero-order valence-electron chi connectivity index (χ0n) is 21.6. The number of aryl methyl sites for hydroxylation is 4. The Labute approximate surface area is 220 Å². The maximum atomic E-state index is 13.2. The molecule has 9 nitrogen and oxygen atoms in total. The summed E-state index contributed by atoms with van der Waals surface area (Å²) in [5.41, 5.74) is 5.54. The van der Waals surface area contributed by atoms with Gasteiger partial charge in [0.05, 0.1) is 11.4 Å². The zero-order valence-corrected chi connectivity index (χ0v) is 23.3. The van der Waals surface area contributed by atoms with Crippen molar-refractivity contribution in [2.45, 2.75) is 58.9 Å². The summed E-state index contributed by atoms with van der Waals surface area (Å²) in [6, 6.07) is 9.15. The SMILES string of the molecule is Cc1cc(NS(=O)(=O)c2nc(C)c(CC(C)C)s2)c(OCc2ccc(-c3nc(=O)o[nH]3)cc2C)cc1C. The number of aromatic amines is 1. The van der Waals surface area contributed by atoms with E-state index in [-0.39, 0.29) is 10.9 Å². The highest BCUT2D eigenvalue weighted by Gasteiger charge is 2.23. The normalized spacial score (nSPS) is 11.8. The van der Waals surface area contributed by atoms with E-state index in [0.717, 1.165) is 39.2 Å². The van der Waals surface area contributed by atoms with Gasteiger partial charge in [-0.3, -0.25) is 4.72 Å². The molecular formula is C26H30N4O5S2. The average molecular weight is 543 g/mol. The Bertz CT molecular complexity index is 1600. The average Bonchev–Trinajstić information content (AvgIpc) is 3.41. The summed E-state index contributed by atoms with van der Waals surface area (Å²) in [6.07, 6.45) is 0.780. The number of rotatable bonds is 9. The Hall–Kier alpha value is -3.44. The summed E-state index contributed by atoms with van der Waals surface area (Å²) in [6.45, 7) is 12.0. The van der Waals surface area contributed by atoms with Crippen molar-refractivity contribution in [1.82, 2.24) is 15.1 Å². The van der Waals surface area contributed by atoms with Crippen LogP contribution in [-0.4, -0.2) is 23.5 Å². The van der Waals surface area contributed by atoms with Crippen LogP contribution in [0.4, 0.5) is 5.69 Å². The first kappa shape index (κ1) is 26.6. The third-order valence-electron chi connectivity index (χ3n) is 5.97. The third kappa shape index (κ3) is 6.11. The molecule has 0 fully saturated rings. The van der Waals surface area contributed by atoms with E-state index in [1.54, 1.807) is 6.07 Å². The molecule has 196 valence electrons. The second-order valence-electron chi connectivity index (χ2n) is 9.48. The fourth-order valence-electron chi connectivity index (χ4n) is 3.77. The predicted molar refractivity (Wildman–Crippen MR) is 144 cm³/mol. The standard InChI is InChI=1S/C26H30N4O5S2/c1-14(2)9-23-18(6)27-26(36-23)37(32,33)30-21-11-15(3)16(4)12-22(21)34-13-20-8-7-19(10-17(20)5)24-28-25(31)35-29-24/h7-8,10-12,14,30H,9,13H2,1-6H3,(H,28,29,31). The minimum absolute atomic E-state index is 0.0437. The van der Waals surface area contributed by atoms with Crippen LogP contribution in [0.2, 0.25) is 0 Å². The Kier molecular flexibility index (Phi) is 7.56. The van der Waals surface area contributed by atoms with E-state index in [0.29, 0.717) is 28.7 Å². The van der Waals surface area contributed by atoms with Crippen molar-refractivity contribution in [2.24, 2.45) is 5.92 Å².